The second kappa shape index (κ2) is 5.37. The maximum absolute atomic E-state index is 11.3. The summed E-state index contributed by atoms with van der Waals surface area (Å²) in [6.07, 6.45) is 2.09. The van der Waals surface area contributed by atoms with E-state index in [0.717, 1.165) is 19.4 Å². The molecule has 1 heterocycles. The van der Waals surface area contributed by atoms with Gasteiger partial charge in [0.2, 0.25) is 0 Å². The fourth-order valence-electron chi connectivity index (χ4n) is 1.38. The number of carbonyl (C=O) groups is 1. The van der Waals surface area contributed by atoms with Gasteiger partial charge in [-0.1, -0.05) is 13.8 Å². The predicted octanol–water partition coefficient (Wildman–Crippen LogP) is 1.59. The highest BCUT2D eigenvalue weighted by Crippen LogP contribution is 2.25. The molecule has 0 radical (unpaired) electrons. The van der Waals surface area contributed by atoms with Crippen molar-refractivity contribution >= 4 is 17.8 Å². The summed E-state index contributed by atoms with van der Waals surface area (Å²) in [5, 5.41) is 6.38. The van der Waals surface area contributed by atoms with Crippen LogP contribution in [0.3, 0.4) is 0 Å². The molecule has 1 rings (SSSR count). The number of hydrogen-bond donors (Lipinski definition) is 2. The van der Waals surface area contributed by atoms with Gasteiger partial charge in [-0.15, -0.1) is 0 Å². The molecule has 0 aromatic heterocycles. The molecule has 2 atom stereocenters. The van der Waals surface area contributed by atoms with Gasteiger partial charge in [0, 0.05) is 17.8 Å². The van der Waals surface area contributed by atoms with Gasteiger partial charge < -0.3 is 10.6 Å². The molecule has 0 saturated carbocycles. The highest BCUT2D eigenvalue weighted by Gasteiger charge is 2.24. The van der Waals surface area contributed by atoms with Crippen LogP contribution in [0.15, 0.2) is 0 Å². The van der Waals surface area contributed by atoms with Gasteiger partial charge in [0.05, 0.1) is 0 Å². The van der Waals surface area contributed by atoms with Crippen molar-refractivity contribution in [1.29, 1.82) is 0 Å². The van der Waals surface area contributed by atoms with E-state index in [0.29, 0.717) is 11.3 Å². The first-order valence-corrected chi connectivity index (χ1v) is 5.95. The lowest BCUT2D eigenvalue weighted by Gasteiger charge is -2.16. The normalized spacial score (nSPS) is 27.2. The molecular formula is C9H18N2OS. The van der Waals surface area contributed by atoms with Crippen molar-refractivity contribution in [1.82, 2.24) is 10.6 Å². The minimum atomic E-state index is -0.0128. The van der Waals surface area contributed by atoms with E-state index in [4.69, 9.17) is 0 Å². The molecule has 2 unspecified atom stereocenters. The van der Waals surface area contributed by atoms with Crippen molar-refractivity contribution in [3.8, 4) is 0 Å². The highest BCUT2D eigenvalue weighted by molar-refractivity contribution is 8.00. The quantitative estimate of drug-likeness (QED) is 0.729. The molecule has 3 nitrogen and oxygen atoms in total. The van der Waals surface area contributed by atoms with Crippen LogP contribution in [0.25, 0.3) is 0 Å². The van der Waals surface area contributed by atoms with Gasteiger partial charge in [0.1, 0.15) is 0 Å². The average Bonchev–Trinajstić information content (AvgIpc) is 2.48. The van der Waals surface area contributed by atoms with Crippen LogP contribution >= 0.6 is 11.8 Å². The second-order valence-electron chi connectivity index (χ2n) is 3.37. The number of urea groups is 1. The molecule has 0 spiro atoms. The Morgan fingerprint density at radius 3 is 2.92 bits per heavy atom. The summed E-state index contributed by atoms with van der Waals surface area (Å²) in [6.45, 7) is 4.98. The van der Waals surface area contributed by atoms with E-state index in [9.17, 15) is 4.79 Å². The third-order valence-electron chi connectivity index (χ3n) is 2.23. The molecule has 76 valence electrons. The molecule has 13 heavy (non-hydrogen) atoms. The molecule has 1 fully saturated rings. The second-order valence-corrected chi connectivity index (χ2v) is 4.86. The van der Waals surface area contributed by atoms with E-state index in [1.807, 2.05) is 18.7 Å². The van der Waals surface area contributed by atoms with Crippen molar-refractivity contribution in [2.75, 3.05) is 12.3 Å². The number of thioether (sulfide) groups is 1. The van der Waals surface area contributed by atoms with Crippen molar-refractivity contribution < 1.29 is 4.79 Å². The first-order valence-electron chi connectivity index (χ1n) is 4.90. The minimum Gasteiger partial charge on any atom is -0.338 e. The predicted molar refractivity (Wildman–Crippen MR) is 57.2 cm³/mol. The average molecular weight is 202 g/mol. The van der Waals surface area contributed by atoms with Gasteiger partial charge in [0.25, 0.3) is 0 Å². The van der Waals surface area contributed by atoms with E-state index in [2.05, 4.69) is 17.6 Å². The largest absolute Gasteiger partial charge is 0.338 e. The molecule has 1 aliphatic heterocycles. The third-order valence-corrected chi connectivity index (χ3v) is 3.55. The number of rotatable bonds is 3. The molecule has 0 bridgehead atoms. The summed E-state index contributed by atoms with van der Waals surface area (Å²) in [6, 6.07) is 0.350. The Morgan fingerprint density at radius 1 is 1.62 bits per heavy atom. The van der Waals surface area contributed by atoms with Gasteiger partial charge in [-0.05, 0) is 18.6 Å². The topological polar surface area (TPSA) is 41.1 Å². The number of amides is 2. The Labute approximate surface area is 84.0 Å². The molecule has 0 aromatic rings. The van der Waals surface area contributed by atoms with Crippen LogP contribution < -0.4 is 10.6 Å². The standard InChI is InChI=1S/C9H18N2OS/c1-3-5-10-9(12)11-8-4-6-13-7(8)2/h7-8H,3-6H2,1-2H3,(H2,10,11,12). The summed E-state index contributed by atoms with van der Waals surface area (Å²) in [4.78, 5) is 11.3. The van der Waals surface area contributed by atoms with Crippen LogP contribution in [0.5, 0.6) is 0 Å². The minimum absolute atomic E-state index is 0.0128. The molecule has 0 aromatic carbocycles. The number of hydrogen-bond acceptors (Lipinski definition) is 2. The molecule has 1 aliphatic rings. The van der Waals surface area contributed by atoms with E-state index in [1.165, 1.54) is 5.75 Å². The fraction of sp³-hybridized carbons (Fsp3) is 0.889. The lowest BCUT2D eigenvalue weighted by molar-refractivity contribution is 0.237. The Kier molecular flexibility index (Phi) is 4.42. The molecular weight excluding hydrogens is 184 g/mol. The maximum Gasteiger partial charge on any atom is 0.315 e. The van der Waals surface area contributed by atoms with Crippen LogP contribution in [0.4, 0.5) is 4.79 Å². The fourth-order valence-corrected chi connectivity index (χ4v) is 2.58. The number of carbonyl (C=O) groups excluding carboxylic acids is 1. The SMILES string of the molecule is CCCNC(=O)NC1CCSC1C. The first kappa shape index (κ1) is 10.7. The van der Waals surface area contributed by atoms with Crippen molar-refractivity contribution in [3.05, 3.63) is 0 Å². The zero-order valence-corrected chi connectivity index (χ0v) is 9.12. The van der Waals surface area contributed by atoms with E-state index in [-0.39, 0.29) is 6.03 Å². The van der Waals surface area contributed by atoms with Crippen LogP contribution in [-0.4, -0.2) is 29.6 Å². The Bertz CT molecular complexity index is 175. The molecule has 2 amide bonds. The molecule has 2 N–H and O–H groups in total. The molecule has 1 saturated heterocycles. The smallest absolute Gasteiger partial charge is 0.315 e. The van der Waals surface area contributed by atoms with Gasteiger partial charge in [-0.3, -0.25) is 0 Å². The first-order chi connectivity index (χ1) is 6.24. The third kappa shape index (κ3) is 3.46. The van der Waals surface area contributed by atoms with Crippen LogP contribution in [0.1, 0.15) is 26.7 Å². The summed E-state index contributed by atoms with van der Waals surface area (Å²) in [5.74, 6) is 1.17. The van der Waals surface area contributed by atoms with Gasteiger partial charge in [-0.25, -0.2) is 4.79 Å². The summed E-state index contributed by atoms with van der Waals surface area (Å²) in [5.41, 5.74) is 0. The van der Waals surface area contributed by atoms with Gasteiger partial charge >= 0.3 is 6.03 Å². The van der Waals surface area contributed by atoms with Crippen molar-refractivity contribution in [2.24, 2.45) is 0 Å². The maximum atomic E-state index is 11.3. The Hall–Kier alpha value is -0.380. The Morgan fingerprint density at radius 2 is 2.38 bits per heavy atom. The van der Waals surface area contributed by atoms with Crippen molar-refractivity contribution in [3.63, 3.8) is 0 Å². The van der Waals surface area contributed by atoms with Crippen LogP contribution in [0, 0.1) is 0 Å². The van der Waals surface area contributed by atoms with Crippen LogP contribution in [-0.2, 0) is 0 Å². The summed E-state index contributed by atoms with van der Waals surface area (Å²) >= 11 is 1.93. The number of nitrogens with one attached hydrogen (secondary N) is 2. The monoisotopic (exact) mass is 202 g/mol. The molecule has 0 aliphatic carbocycles. The van der Waals surface area contributed by atoms with E-state index >= 15 is 0 Å². The van der Waals surface area contributed by atoms with Crippen molar-refractivity contribution in [2.45, 2.75) is 38.0 Å². The van der Waals surface area contributed by atoms with Gasteiger partial charge in [-0.2, -0.15) is 11.8 Å². The lowest BCUT2D eigenvalue weighted by Crippen LogP contribution is -2.44. The van der Waals surface area contributed by atoms with Gasteiger partial charge in [0.15, 0.2) is 0 Å². The summed E-state index contributed by atoms with van der Waals surface area (Å²) in [7, 11) is 0. The lowest BCUT2D eigenvalue weighted by atomic mass is 10.2. The zero-order chi connectivity index (χ0) is 9.68. The molecule has 4 heteroatoms. The Balaban J connectivity index is 2.19. The van der Waals surface area contributed by atoms with E-state index < -0.39 is 0 Å². The highest BCUT2D eigenvalue weighted by atomic mass is 32.2. The van der Waals surface area contributed by atoms with E-state index in [1.54, 1.807) is 0 Å². The summed E-state index contributed by atoms with van der Waals surface area (Å²) < 4.78 is 0. The van der Waals surface area contributed by atoms with Crippen LogP contribution in [0.2, 0.25) is 0 Å². The zero-order valence-electron chi connectivity index (χ0n) is 8.30.